The summed E-state index contributed by atoms with van der Waals surface area (Å²) in [5.41, 5.74) is 6.60. The van der Waals surface area contributed by atoms with E-state index in [4.69, 9.17) is 15.2 Å². The molecule has 5 heteroatoms. The minimum absolute atomic E-state index is 0.222. The fourth-order valence-corrected chi connectivity index (χ4v) is 1.75. The molecule has 2 N–H and O–H groups in total. The normalized spacial score (nSPS) is 9.67. The molecular weight excluding hydrogens is 271 g/mol. The van der Waals surface area contributed by atoms with Gasteiger partial charge in [-0.05, 0) is 24.3 Å². The lowest BCUT2D eigenvalue weighted by Crippen LogP contribution is -2.00. The van der Waals surface area contributed by atoms with Gasteiger partial charge >= 0.3 is 0 Å². The van der Waals surface area contributed by atoms with E-state index in [0.29, 0.717) is 17.2 Å². The van der Waals surface area contributed by atoms with Gasteiger partial charge < -0.3 is 15.2 Å². The van der Waals surface area contributed by atoms with Crippen LogP contribution < -0.4 is 15.2 Å². The monoisotopic (exact) mass is 286 g/mol. The summed E-state index contributed by atoms with van der Waals surface area (Å²) in [5.74, 6) is 5.91. The fraction of sp³-hybridized carbons (Fsp3) is 0.188. The molecule has 2 aromatic rings. The summed E-state index contributed by atoms with van der Waals surface area (Å²) in [4.78, 5) is 4.07. The van der Waals surface area contributed by atoms with Crippen LogP contribution in [0.2, 0.25) is 0 Å². The Hall–Kier alpha value is -2.58. The van der Waals surface area contributed by atoms with E-state index in [9.17, 15) is 4.39 Å². The van der Waals surface area contributed by atoms with E-state index in [-0.39, 0.29) is 13.2 Å². The van der Waals surface area contributed by atoms with Crippen molar-refractivity contribution in [2.24, 2.45) is 5.73 Å². The largest absolute Gasteiger partial charge is 0.489 e. The highest BCUT2D eigenvalue weighted by molar-refractivity contribution is 5.40. The van der Waals surface area contributed by atoms with Gasteiger partial charge in [0.05, 0.1) is 19.2 Å². The third kappa shape index (κ3) is 4.20. The molecule has 0 aliphatic heterocycles. The van der Waals surface area contributed by atoms with Gasteiger partial charge in [-0.2, -0.15) is 0 Å². The van der Waals surface area contributed by atoms with Crippen LogP contribution in [0.4, 0.5) is 4.39 Å². The molecule has 2 rings (SSSR count). The molecule has 0 saturated carbocycles. The summed E-state index contributed by atoms with van der Waals surface area (Å²) in [6, 6.07) is 7.91. The number of nitrogens with zero attached hydrogens (tertiary/aromatic N) is 1. The second-order valence-corrected chi connectivity index (χ2v) is 4.14. The molecule has 0 aliphatic carbocycles. The van der Waals surface area contributed by atoms with Crippen molar-refractivity contribution in [1.29, 1.82) is 0 Å². The van der Waals surface area contributed by atoms with Crippen molar-refractivity contribution in [3.63, 3.8) is 0 Å². The van der Waals surface area contributed by atoms with Crippen molar-refractivity contribution in [1.82, 2.24) is 4.98 Å². The zero-order valence-corrected chi connectivity index (χ0v) is 11.6. The molecule has 0 spiro atoms. The molecule has 21 heavy (non-hydrogen) atoms. The van der Waals surface area contributed by atoms with Crippen LogP contribution >= 0.6 is 0 Å². The second-order valence-electron chi connectivity index (χ2n) is 4.14. The fourth-order valence-electron chi connectivity index (χ4n) is 1.75. The lowest BCUT2D eigenvalue weighted by molar-refractivity contribution is 0.292. The van der Waals surface area contributed by atoms with Gasteiger partial charge in [-0.3, -0.25) is 0 Å². The van der Waals surface area contributed by atoms with E-state index in [1.165, 1.54) is 19.2 Å². The molecule has 0 amide bonds. The topological polar surface area (TPSA) is 57.4 Å². The Morgan fingerprint density at radius 2 is 2.19 bits per heavy atom. The van der Waals surface area contributed by atoms with Crippen LogP contribution in [-0.4, -0.2) is 18.6 Å². The number of hydrogen-bond donors (Lipinski definition) is 1. The summed E-state index contributed by atoms with van der Waals surface area (Å²) in [6.07, 6.45) is 1.63. The summed E-state index contributed by atoms with van der Waals surface area (Å²) < 4.78 is 24.2. The predicted molar refractivity (Wildman–Crippen MR) is 77.5 cm³/mol. The zero-order chi connectivity index (χ0) is 15.1. The summed E-state index contributed by atoms with van der Waals surface area (Å²) >= 11 is 0. The average molecular weight is 286 g/mol. The average Bonchev–Trinajstić information content (AvgIpc) is 2.50. The SMILES string of the molecule is COc1ncccc1COc1cc(F)cc(C#CCN)c1. The first-order valence-corrected chi connectivity index (χ1v) is 6.33. The quantitative estimate of drug-likeness (QED) is 0.875. The number of hydrogen-bond acceptors (Lipinski definition) is 4. The minimum atomic E-state index is -0.410. The summed E-state index contributed by atoms with van der Waals surface area (Å²) in [6.45, 7) is 0.448. The number of aromatic nitrogens is 1. The maximum Gasteiger partial charge on any atom is 0.219 e. The third-order valence-electron chi connectivity index (χ3n) is 2.64. The molecular formula is C16H15FN2O2. The van der Waals surface area contributed by atoms with E-state index < -0.39 is 5.82 Å². The predicted octanol–water partition coefficient (Wildman–Crippen LogP) is 2.12. The number of methoxy groups -OCH3 is 1. The van der Waals surface area contributed by atoms with Crippen LogP contribution in [-0.2, 0) is 6.61 Å². The van der Waals surface area contributed by atoms with Gasteiger partial charge in [0.25, 0.3) is 0 Å². The van der Waals surface area contributed by atoms with Crippen LogP contribution in [0.25, 0.3) is 0 Å². The van der Waals surface area contributed by atoms with Crippen molar-refractivity contribution >= 4 is 0 Å². The van der Waals surface area contributed by atoms with Crippen LogP contribution in [0.15, 0.2) is 36.5 Å². The maximum atomic E-state index is 13.5. The molecule has 0 aliphatic rings. The Labute approximate surface area is 122 Å². The molecule has 0 atom stereocenters. The van der Waals surface area contributed by atoms with Gasteiger partial charge in [-0.25, -0.2) is 9.37 Å². The van der Waals surface area contributed by atoms with Crippen LogP contribution in [0.1, 0.15) is 11.1 Å². The van der Waals surface area contributed by atoms with Gasteiger partial charge in [0, 0.05) is 17.8 Å². The standard InChI is InChI=1S/C16H15FN2O2/c1-20-16-13(5-3-7-19-16)11-21-15-9-12(4-2-6-18)8-14(17)10-15/h3,5,7-10H,6,11,18H2,1H3. The van der Waals surface area contributed by atoms with Crippen LogP contribution in [0.3, 0.4) is 0 Å². The molecule has 0 saturated heterocycles. The van der Waals surface area contributed by atoms with Gasteiger partial charge in [-0.1, -0.05) is 11.8 Å². The molecule has 0 unspecified atom stereocenters. The Morgan fingerprint density at radius 1 is 1.33 bits per heavy atom. The third-order valence-corrected chi connectivity index (χ3v) is 2.64. The number of nitrogens with two attached hydrogens (primary N) is 1. The van der Waals surface area contributed by atoms with Crippen LogP contribution in [0.5, 0.6) is 11.6 Å². The van der Waals surface area contributed by atoms with Gasteiger partial charge in [0.1, 0.15) is 18.2 Å². The second kappa shape index (κ2) is 7.27. The van der Waals surface area contributed by atoms with Crippen molar-refractivity contribution < 1.29 is 13.9 Å². The van der Waals surface area contributed by atoms with E-state index in [1.807, 2.05) is 6.07 Å². The van der Waals surface area contributed by atoms with Crippen molar-refractivity contribution in [2.75, 3.05) is 13.7 Å². The van der Waals surface area contributed by atoms with E-state index in [2.05, 4.69) is 16.8 Å². The number of pyridine rings is 1. The Balaban J connectivity index is 2.14. The highest BCUT2D eigenvalue weighted by Gasteiger charge is 2.05. The zero-order valence-electron chi connectivity index (χ0n) is 11.6. The van der Waals surface area contributed by atoms with Crippen LogP contribution in [0, 0.1) is 17.7 Å². The molecule has 1 aromatic carbocycles. The van der Waals surface area contributed by atoms with Gasteiger partial charge in [0.15, 0.2) is 0 Å². The number of benzene rings is 1. The van der Waals surface area contributed by atoms with E-state index >= 15 is 0 Å². The number of halogens is 1. The molecule has 0 bridgehead atoms. The molecule has 1 aromatic heterocycles. The molecule has 108 valence electrons. The Kier molecular flexibility index (Phi) is 5.13. The van der Waals surface area contributed by atoms with E-state index in [1.54, 1.807) is 18.3 Å². The Bertz CT molecular complexity index is 677. The lowest BCUT2D eigenvalue weighted by atomic mass is 10.2. The van der Waals surface area contributed by atoms with Crippen molar-refractivity contribution in [2.45, 2.75) is 6.61 Å². The van der Waals surface area contributed by atoms with Crippen molar-refractivity contribution in [3.05, 3.63) is 53.5 Å². The highest BCUT2D eigenvalue weighted by Crippen LogP contribution is 2.20. The molecule has 1 heterocycles. The highest BCUT2D eigenvalue weighted by atomic mass is 19.1. The molecule has 0 fully saturated rings. The Morgan fingerprint density at radius 3 is 2.95 bits per heavy atom. The van der Waals surface area contributed by atoms with Gasteiger partial charge in [0.2, 0.25) is 5.88 Å². The minimum Gasteiger partial charge on any atom is -0.489 e. The number of ether oxygens (including phenoxy) is 2. The first-order valence-electron chi connectivity index (χ1n) is 6.33. The molecule has 0 radical (unpaired) electrons. The first-order chi connectivity index (χ1) is 10.2. The first kappa shape index (κ1) is 14.8. The van der Waals surface area contributed by atoms with Crippen molar-refractivity contribution in [3.8, 4) is 23.5 Å². The summed E-state index contributed by atoms with van der Waals surface area (Å²) in [5, 5.41) is 0. The smallest absolute Gasteiger partial charge is 0.219 e. The van der Waals surface area contributed by atoms with Gasteiger partial charge in [-0.15, -0.1) is 0 Å². The maximum absolute atomic E-state index is 13.5. The number of rotatable bonds is 4. The lowest BCUT2D eigenvalue weighted by Gasteiger charge is -2.09. The van der Waals surface area contributed by atoms with E-state index in [0.717, 1.165) is 5.56 Å². The summed E-state index contributed by atoms with van der Waals surface area (Å²) in [7, 11) is 1.54. The molecule has 4 nitrogen and oxygen atoms in total.